The fraction of sp³-hybridized carbons (Fsp3) is 0.400. The van der Waals surface area contributed by atoms with Crippen LogP contribution in [-0.2, 0) is 6.54 Å². The summed E-state index contributed by atoms with van der Waals surface area (Å²) in [4.78, 5) is 0. The van der Waals surface area contributed by atoms with E-state index in [4.69, 9.17) is 11.6 Å². The molecule has 0 amide bonds. The summed E-state index contributed by atoms with van der Waals surface area (Å²) >= 11 is 5.72. The fourth-order valence-electron chi connectivity index (χ4n) is 1.11. The van der Waals surface area contributed by atoms with Gasteiger partial charge in [0.2, 0.25) is 0 Å². The minimum absolute atomic E-state index is 0.0734. The molecule has 0 fully saturated rings. The average Bonchev–Trinajstić information content (AvgIpc) is 2.11. The molecule has 0 atom stereocenters. The molecule has 1 rings (SSSR count). The minimum Gasteiger partial charge on any atom is -0.312 e. The molecular formula is C10H11ClF3N. The largest absolute Gasteiger partial charge is 0.390 e. The van der Waals surface area contributed by atoms with Crippen LogP contribution in [0.4, 0.5) is 13.2 Å². The first-order chi connectivity index (χ1) is 6.97. The van der Waals surface area contributed by atoms with Crippen LogP contribution in [0.3, 0.4) is 0 Å². The maximum Gasteiger partial charge on any atom is 0.390 e. The quantitative estimate of drug-likeness (QED) is 0.792. The summed E-state index contributed by atoms with van der Waals surface area (Å²) in [6, 6.07) is 7.03. The van der Waals surface area contributed by atoms with E-state index in [1.807, 2.05) is 6.07 Å². The van der Waals surface area contributed by atoms with Crippen molar-refractivity contribution in [3.05, 3.63) is 34.9 Å². The maximum atomic E-state index is 11.8. The molecular weight excluding hydrogens is 227 g/mol. The normalized spacial score (nSPS) is 11.7. The molecule has 1 aromatic carbocycles. The van der Waals surface area contributed by atoms with Gasteiger partial charge in [-0.05, 0) is 17.7 Å². The molecule has 0 saturated carbocycles. The lowest BCUT2D eigenvalue weighted by atomic mass is 10.2. The topological polar surface area (TPSA) is 12.0 Å². The van der Waals surface area contributed by atoms with Gasteiger partial charge >= 0.3 is 6.18 Å². The Morgan fingerprint density at radius 1 is 1.27 bits per heavy atom. The molecule has 1 aromatic rings. The highest BCUT2D eigenvalue weighted by molar-refractivity contribution is 6.30. The third kappa shape index (κ3) is 5.64. The lowest BCUT2D eigenvalue weighted by Crippen LogP contribution is -2.21. The summed E-state index contributed by atoms with van der Waals surface area (Å²) < 4.78 is 35.4. The molecule has 0 saturated heterocycles. The van der Waals surface area contributed by atoms with Crippen molar-refractivity contribution in [2.24, 2.45) is 0 Å². The first kappa shape index (κ1) is 12.3. The minimum atomic E-state index is -4.10. The number of benzene rings is 1. The van der Waals surface area contributed by atoms with E-state index in [0.717, 1.165) is 5.56 Å². The van der Waals surface area contributed by atoms with Gasteiger partial charge in [0, 0.05) is 18.1 Å². The van der Waals surface area contributed by atoms with Gasteiger partial charge in [-0.3, -0.25) is 0 Å². The van der Waals surface area contributed by atoms with Gasteiger partial charge in [0.25, 0.3) is 0 Å². The van der Waals surface area contributed by atoms with Gasteiger partial charge < -0.3 is 5.32 Å². The van der Waals surface area contributed by atoms with E-state index in [0.29, 0.717) is 11.6 Å². The Hall–Kier alpha value is -0.740. The molecule has 0 aromatic heterocycles. The van der Waals surface area contributed by atoms with E-state index >= 15 is 0 Å². The van der Waals surface area contributed by atoms with Crippen molar-refractivity contribution in [1.82, 2.24) is 5.32 Å². The monoisotopic (exact) mass is 237 g/mol. The van der Waals surface area contributed by atoms with Gasteiger partial charge in [-0.2, -0.15) is 13.2 Å². The van der Waals surface area contributed by atoms with Crippen LogP contribution in [0.1, 0.15) is 12.0 Å². The van der Waals surface area contributed by atoms with Crippen LogP contribution >= 0.6 is 11.6 Å². The van der Waals surface area contributed by atoms with Crippen molar-refractivity contribution >= 4 is 11.6 Å². The lowest BCUT2D eigenvalue weighted by Gasteiger charge is -2.07. The van der Waals surface area contributed by atoms with Gasteiger partial charge in [-0.1, -0.05) is 23.7 Å². The molecule has 0 bridgehead atoms. The van der Waals surface area contributed by atoms with Gasteiger partial charge in [0.15, 0.2) is 0 Å². The Balaban J connectivity index is 2.26. The Morgan fingerprint density at radius 3 is 2.60 bits per heavy atom. The average molecular weight is 238 g/mol. The van der Waals surface area contributed by atoms with Gasteiger partial charge in [-0.15, -0.1) is 0 Å². The fourth-order valence-corrected chi connectivity index (χ4v) is 1.32. The van der Waals surface area contributed by atoms with E-state index in [-0.39, 0.29) is 6.54 Å². The van der Waals surface area contributed by atoms with Crippen LogP contribution in [0.15, 0.2) is 24.3 Å². The predicted octanol–water partition coefficient (Wildman–Crippen LogP) is 3.38. The molecule has 84 valence electrons. The summed E-state index contributed by atoms with van der Waals surface area (Å²) in [5.41, 5.74) is 0.879. The second-order valence-corrected chi connectivity index (χ2v) is 3.61. The highest BCUT2D eigenvalue weighted by atomic mass is 35.5. The van der Waals surface area contributed by atoms with E-state index in [2.05, 4.69) is 5.32 Å². The number of nitrogens with one attached hydrogen (secondary N) is 1. The third-order valence-electron chi connectivity index (χ3n) is 1.80. The Bertz CT molecular complexity index is 312. The number of halogens is 4. The predicted molar refractivity (Wildman–Crippen MR) is 53.8 cm³/mol. The van der Waals surface area contributed by atoms with Crippen LogP contribution < -0.4 is 5.32 Å². The summed E-state index contributed by atoms with van der Waals surface area (Å²) in [5.74, 6) is 0. The van der Waals surface area contributed by atoms with Crippen LogP contribution in [0.2, 0.25) is 5.02 Å². The Labute approximate surface area is 91.2 Å². The van der Waals surface area contributed by atoms with Gasteiger partial charge in [0.1, 0.15) is 0 Å². The van der Waals surface area contributed by atoms with E-state index in [9.17, 15) is 13.2 Å². The Kier molecular flexibility index (Phi) is 4.42. The molecule has 0 spiro atoms. The number of hydrogen-bond donors (Lipinski definition) is 1. The van der Waals surface area contributed by atoms with Crippen LogP contribution in [0, 0.1) is 0 Å². The summed E-state index contributed by atoms with van der Waals surface area (Å²) in [6.45, 7) is 0.326. The van der Waals surface area contributed by atoms with Gasteiger partial charge in [0.05, 0.1) is 6.42 Å². The standard InChI is InChI=1S/C10H11ClF3N/c11-9-3-1-2-8(6-9)7-15-5-4-10(12,13)14/h1-3,6,15H,4-5,7H2. The van der Waals surface area contributed by atoms with Crippen molar-refractivity contribution in [2.45, 2.75) is 19.1 Å². The third-order valence-corrected chi connectivity index (χ3v) is 2.04. The molecule has 15 heavy (non-hydrogen) atoms. The first-order valence-corrected chi connectivity index (χ1v) is 4.87. The zero-order chi connectivity index (χ0) is 11.3. The van der Waals surface area contributed by atoms with Crippen molar-refractivity contribution < 1.29 is 13.2 Å². The SMILES string of the molecule is FC(F)(F)CCNCc1cccc(Cl)c1. The molecule has 1 nitrogen and oxygen atoms in total. The van der Waals surface area contributed by atoms with Crippen LogP contribution in [-0.4, -0.2) is 12.7 Å². The molecule has 0 radical (unpaired) electrons. The molecule has 0 heterocycles. The second-order valence-electron chi connectivity index (χ2n) is 3.17. The number of hydrogen-bond acceptors (Lipinski definition) is 1. The second kappa shape index (κ2) is 5.37. The number of rotatable bonds is 4. The molecule has 0 aliphatic carbocycles. The summed E-state index contributed by atoms with van der Waals surface area (Å²) in [5, 5.41) is 3.29. The lowest BCUT2D eigenvalue weighted by molar-refractivity contribution is -0.133. The highest BCUT2D eigenvalue weighted by Crippen LogP contribution is 2.18. The molecule has 5 heteroatoms. The molecule has 0 aliphatic heterocycles. The maximum absolute atomic E-state index is 11.8. The van der Waals surface area contributed by atoms with Crippen molar-refractivity contribution in [3.63, 3.8) is 0 Å². The summed E-state index contributed by atoms with van der Waals surface area (Å²) in [7, 11) is 0. The molecule has 1 N–H and O–H groups in total. The molecule has 0 aliphatic rings. The molecule has 0 unspecified atom stereocenters. The van der Waals surface area contributed by atoms with Crippen LogP contribution in [0.5, 0.6) is 0 Å². The van der Waals surface area contributed by atoms with E-state index < -0.39 is 12.6 Å². The first-order valence-electron chi connectivity index (χ1n) is 4.49. The smallest absolute Gasteiger partial charge is 0.312 e. The van der Waals surface area contributed by atoms with Crippen molar-refractivity contribution in [2.75, 3.05) is 6.54 Å². The highest BCUT2D eigenvalue weighted by Gasteiger charge is 2.25. The van der Waals surface area contributed by atoms with E-state index in [1.165, 1.54) is 0 Å². The number of alkyl halides is 3. The summed E-state index contributed by atoms with van der Waals surface area (Å²) in [6.07, 6.45) is -4.91. The van der Waals surface area contributed by atoms with E-state index in [1.54, 1.807) is 18.2 Å². The van der Waals surface area contributed by atoms with Crippen LogP contribution in [0.25, 0.3) is 0 Å². The zero-order valence-corrected chi connectivity index (χ0v) is 8.70. The van der Waals surface area contributed by atoms with Crippen molar-refractivity contribution in [3.8, 4) is 0 Å². The Morgan fingerprint density at radius 2 is 2.00 bits per heavy atom. The van der Waals surface area contributed by atoms with Crippen molar-refractivity contribution in [1.29, 1.82) is 0 Å². The van der Waals surface area contributed by atoms with Gasteiger partial charge in [-0.25, -0.2) is 0 Å². The zero-order valence-electron chi connectivity index (χ0n) is 7.94.